The lowest BCUT2D eigenvalue weighted by Gasteiger charge is -2.01. The Kier molecular flexibility index (Phi) is 3.01. The summed E-state index contributed by atoms with van der Waals surface area (Å²) in [5, 5.41) is 4.17. The Morgan fingerprint density at radius 2 is 2.11 bits per heavy atom. The van der Waals surface area contributed by atoms with Crippen molar-refractivity contribution in [2.45, 2.75) is 6.92 Å². The molecule has 3 rings (SSSR count). The zero-order chi connectivity index (χ0) is 12.5. The molecule has 0 amide bonds. The zero-order valence-electron chi connectivity index (χ0n) is 9.64. The SMILES string of the molecule is Cc1cncc(Nc2nc3cc(Br)ccc3s2)c1. The molecular formula is C13H10BrN3S. The van der Waals surface area contributed by atoms with Gasteiger partial charge in [0, 0.05) is 10.7 Å². The van der Waals surface area contributed by atoms with Gasteiger partial charge in [-0.05, 0) is 36.8 Å². The predicted molar refractivity (Wildman–Crippen MR) is 79.6 cm³/mol. The number of benzene rings is 1. The minimum Gasteiger partial charge on any atom is -0.330 e. The summed E-state index contributed by atoms with van der Waals surface area (Å²) in [5.41, 5.74) is 3.09. The molecule has 0 radical (unpaired) electrons. The third-order valence-corrected chi connectivity index (χ3v) is 3.92. The molecule has 2 aromatic heterocycles. The smallest absolute Gasteiger partial charge is 0.188 e. The summed E-state index contributed by atoms with van der Waals surface area (Å²) in [6.45, 7) is 2.02. The number of hydrogen-bond donors (Lipinski definition) is 1. The van der Waals surface area contributed by atoms with Gasteiger partial charge in [-0.15, -0.1) is 0 Å². The van der Waals surface area contributed by atoms with E-state index in [1.807, 2.05) is 25.3 Å². The van der Waals surface area contributed by atoms with Gasteiger partial charge in [0.15, 0.2) is 5.13 Å². The predicted octanol–water partition coefficient (Wildman–Crippen LogP) is 4.51. The van der Waals surface area contributed by atoms with Crippen molar-refractivity contribution in [2.75, 3.05) is 5.32 Å². The Morgan fingerprint density at radius 1 is 1.22 bits per heavy atom. The number of aryl methyl sites for hydroxylation is 1. The largest absolute Gasteiger partial charge is 0.330 e. The molecule has 0 saturated carbocycles. The summed E-state index contributed by atoms with van der Waals surface area (Å²) in [5.74, 6) is 0. The number of thiazole rings is 1. The first-order chi connectivity index (χ1) is 8.70. The number of anilines is 2. The summed E-state index contributed by atoms with van der Waals surface area (Å²) >= 11 is 5.09. The molecule has 0 aliphatic carbocycles. The van der Waals surface area contributed by atoms with Gasteiger partial charge in [-0.25, -0.2) is 4.98 Å². The lowest BCUT2D eigenvalue weighted by Crippen LogP contribution is -1.90. The standard InChI is InChI=1S/C13H10BrN3S/c1-8-4-10(7-15-6-8)16-13-17-11-5-9(14)2-3-12(11)18-13/h2-7H,1H3,(H,16,17). The molecule has 5 heteroatoms. The number of pyridine rings is 1. The highest BCUT2D eigenvalue weighted by Crippen LogP contribution is 2.29. The van der Waals surface area contributed by atoms with E-state index in [1.54, 1.807) is 17.5 Å². The summed E-state index contributed by atoms with van der Waals surface area (Å²) in [7, 11) is 0. The van der Waals surface area contributed by atoms with Crippen molar-refractivity contribution in [3.05, 3.63) is 46.7 Å². The zero-order valence-corrected chi connectivity index (χ0v) is 12.0. The van der Waals surface area contributed by atoms with E-state index in [9.17, 15) is 0 Å². The van der Waals surface area contributed by atoms with Gasteiger partial charge in [0.25, 0.3) is 0 Å². The van der Waals surface area contributed by atoms with Crippen LogP contribution in [-0.2, 0) is 0 Å². The maximum absolute atomic E-state index is 4.55. The molecule has 3 aromatic rings. The molecule has 0 fully saturated rings. The Labute approximate surface area is 117 Å². The Morgan fingerprint density at radius 3 is 2.94 bits per heavy atom. The maximum Gasteiger partial charge on any atom is 0.188 e. The van der Waals surface area contributed by atoms with Crippen LogP contribution in [-0.4, -0.2) is 9.97 Å². The maximum atomic E-state index is 4.55. The van der Waals surface area contributed by atoms with Crippen LogP contribution < -0.4 is 5.32 Å². The molecule has 0 saturated heterocycles. The minimum absolute atomic E-state index is 0.885. The second kappa shape index (κ2) is 4.66. The number of fused-ring (bicyclic) bond motifs is 1. The minimum atomic E-state index is 0.885. The van der Waals surface area contributed by atoms with Crippen molar-refractivity contribution in [3.8, 4) is 0 Å². The van der Waals surface area contributed by atoms with Crippen LogP contribution in [0.15, 0.2) is 41.1 Å². The Balaban J connectivity index is 1.95. The molecule has 1 aromatic carbocycles. The van der Waals surface area contributed by atoms with Gasteiger partial charge in [-0.1, -0.05) is 27.3 Å². The average Bonchev–Trinajstić information content (AvgIpc) is 2.70. The first kappa shape index (κ1) is 11.6. The van der Waals surface area contributed by atoms with E-state index in [1.165, 1.54) is 4.70 Å². The monoisotopic (exact) mass is 319 g/mol. The third-order valence-electron chi connectivity index (χ3n) is 2.48. The molecule has 0 atom stereocenters. The van der Waals surface area contributed by atoms with Crippen LogP contribution >= 0.6 is 27.3 Å². The third kappa shape index (κ3) is 2.37. The van der Waals surface area contributed by atoms with Gasteiger partial charge in [0.05, 0.1) is 22.1 Å². The molecule has 0 spiro atoms. The van der Waals surface area contributed by atoms with Crippen molar-refractivity contribution in [3.63, 3.8) is 0 Å². The number of nitrogens with one attached hydrogen (secondary N) is 1. The van der Waals surface area contributed by atoms with Gasteiger partial charge in [-0.2, -0.15) is 0 Å². The normalized spacial score (nSPS) is 10.8. The van der Waals surface area contributed by atoms with E-state index in [2.05, 4.69) is 43.3 Å². The van der Waals surface area contributed by atoms with E-state index in [0.717, 1.165) is 26.4 Å². The molecule has 0 bridgehead atoms. The van der Waals surface area contributed by atoms with Crippen LogP contribution in [0.1, 0.15) is 5.56 Å². The number of rotatable bonds is 2. The molecule has 0 aliphatic rings. The number of aromatic nitrogens is 2. The number of nitrogens with zero attached hydrogens (tertiary/aromatic N) is 2. The highest BCUT2D eigenvalue weighted by Gasteiger charge is 2.04. The summed E-state index contributed by atoms with van der Waals surface area (Å²) in [4.78, 5) is 8.70. The average molecular weight is 320 g/mol. The van der Waals surface area contributed by atoms with Gasteiger partial charge in [0.2, 0.25) is 0 Å². The van der Waals surface area contributed by atoms with Crippen LogP contribution in [0.3, 0.4) is 0 Å². The van der Waals surface area contributed by atoms with Gasteiger partial charge >= 0.3 is 0 Å². The highest BCUT2D eigenvalue weighted by molar-refractivity contribution is 9.10. The van der Waals surface area contributed by atoms with E-state index in [-0.39, 0.29) is 0 Å². The van der Waals surface area contributed by atoms with Crippen molar-refractivity contribution in [2.24, 2.45) is 0 Å². The second-order valence-corrected chi connectivity index (χ2v) is 5.95. The summed E-state index contributed by atoms with van der Waals surface area (Å²) in [6.07, 6.45) is 3.63. The van der Waals surface area contributed by atoms with Crippen LogP contribution in [0.5, 0.6) is 0 Å². The fourth-order valence-corrected chi connectivity index (χ4v) is 2.92. The van der Waals surface area contributed by atoms with Crippen molar-refractivity contribution in [1.82, 2.24) is 9.97 Å². The van der Waals surface area contributed by atoms with Crippen LogP contribution in [0.25, 0.3) is 10.2 Å². The fourth-order valence-electron chi connectivity index (χ4n) is 1.70. The molecule has 0 unspecified atom stereocenters. The molecule has 0 aliphatic heterocycles. The molecule has 90 valence electrons. The van der Waals surface area contributed by atoms with Gasteiger partial charge in [-0.3, -0.25) is 4.98 Å². The van der Waals surface area contributed by atoms with E-state index >= 15 is 0 Å². The first-order valence-corrected chi connectivity index (χ1v) is 7.06. The van der Waals surface area contributed by atoms with Crippen molar-refractivity contribution < 1.29 is 0 Å². The van der Waals surface area contributed by atoms with Gasteiger partial charge < -0.3 is 5.32 Å². The summed E-state index contributed by atoms with van der Waals surface area (Å²) in [6, 6.07) is 8.16. The van der Waals surface area contributed by atoms with E-state index in [0.29, 0.717) is 0 Å². The molecule has 18 heavy (non-hydrogen) atoms. The van der Waals surface area contributed by atoms with E-state index < -0.39 is 0 Å². The molecule has 1 N–H and O–H groups in total. The van der Waals surface area contributed by atoms with Crippen LogP contribution in [0.2, 0.25) is 0 Å². The number of halogens is 1. The fraction of sp³-hybridized carbons (Fsp3) is 0.0769. The van der Waals surface area contributed by atoms with Gasteiger partial charge in [0.1, 0.15) is 0 Å². The first-order valence-electron chi connectivity index (χ1n) is 5.45. The Bertz CT molecular complexity index is 708. The number of hydrogen-bond acceptors (Lipinski definition) is 4. The Hall–Kier alpha value is -1.46. The van der Waals surface area contributed by atoms with Crippen LogP contribution in [0.4, 0.5) is 10.8 Å². The second-order valence-electron chi connectivity index (χ2n) is 4.01. The lowest BCUT2D eigenvalue weighted by molar-refractivity contribution is 1.26. The molecular weight excluding hydrogens is 310 g/mol. The van der Waals surface area contributed by atoms with Crippen molar-refractivity contribution >= 4 is 48.3 Å². The lowest BCUT2D eigenvalue weighted by atomic mass is 10.3. The van der Waals surface area contributed by atoms with E-state index in [4.69, 9.17) is 0 Å². The quantitative estimate of drug-likeness (QED) is 0.755. The topological polar surface area (TPSA) is 37.8 Å². The van der Waals surface area contributed by atoms with Crippen molar-refractivity contribution in [1.29, 1.82) is 0 Å². The molecule has 2 heterocycles. The highest BCUT2D eigenvalue weighted by atomic mass is 79.9. The molecule has 3 nitrogen and oxygen atoms in total. The van der Waals surface area contributed by atoms with Crippen LogP contribution in [0, 0.1) is 6.92 Å². The summed E-state index contributed by atoms with van der Waals surface area (Å²) < 4.78 is 2.21.